The molecule has 0 unspecified atom stereocenters. The van der Waals surface area contributed by atoms with Crippen LogP contribution in [0.1, 0.15) is 61.1 Å². The monoisotopic (exact) mass is 560 g/mol. The highest BCUT2D eigenvalue weighted by Gasteiger charge is 2.38. The standard InChI is InChI=1S/2C18H16O3/c2*1-18(2)14-10-17-16(19-11-20-17)9-13(14)15(21-18)8-12-6-4-3-5-7-12/h2*3-10H,11H2,1-2H3/b2*15-8-. The van der Waals surface area contributed by atoms with Gasteiger partial charge in [0, 0.05) is 22.3 Å². The zero-order valence-electron chi connectivity index (χ0n) is 24.1. The van der Waals surface area contributed by atoms with Crippen molar-refractivity contribution >= 4 is 23.7 Å². The summed E-state index contributed by atoms with van der Waals surface area (Å²) in [5.41, 5.74) is 5.93. The molecule has 8 rings (SSSR count). The molecule has 0 N–H and O–H groups in total. The van der Waals surface area contributed by atoms with Gasteiger partial charge in [-0.1, -0.05) is 60.7 Å². The number of fused-ring (bicyclic) bond motifs is 4. The van der Waals surface area contributed by atoms with E-state index in [-0.39, 0.29) is 24.8 Å². The first-order valence-electron chi connectivity index (χ1n) is 14.1. The molecule has 4 heterocycles. The Morgan fingerprint density at radius 1 is 0.500 bits per heavy atom. The highest BCUT2D eigenvalue weighted by molar-refractivity contribution is 5.84. The van der Waals surface area contributed by atoms with E-state index in [1.807, 2.05) is 60.7 Å². The van der Waals surface area contributed by atoms with E-state index in [9.17, 15) is 0 Å². The maximum Gasteiger partial charge on any atom is 0.231 e. The minimum atomic E-state index is -0.364. The van der Waals surface area contributed by atoms with Gasteiger partial charge in [0.1, 0.15) is 22.7 Å². The molecule has 6 heteroatoms. The van der Waals surface area contributed by atoms with Gasteiger partial charge >= 0.3 is 0 Å². The summed E-state index contributed by atoms with van der Waals surface area (Å²) in [5, 5.41) is 0. The van der Waals surface area contributed by atoms with Crippen molar-refractivity contribution in [2.24, 2.45) is 0 Å². The van der Waals surface area contributed by atoms with E-state index >= 15 is 0 Å². The van der Waals surface area contributed by atoms with Crippen LogP contribution in [0.2, 0.25) is 0 Å². The summed E-state index contributed by atoms with van der Waals surface area (Å²) < 4.78 is 34.2. The second kappa shape index (κ2) is 9.91. The summed E-state index contributed by atoms with van der Waals surface area (Å²) in [4.78, 5) is 0. The molecule has 0 aliphatic carbocycles. The molecule has 0 saturated carbocycles. The van der Waals surface area contributed by atoms with Crippen LogP contribution in [-0.2, 0) is 20.7 Å². The average Bonchev–Trinajstić information content (AvgIpc) is 3.74. The van der Waals surface area contributed by atoms with Crippen LogP contribution in [0.5, 0.6) is 23.0 Å². The lowest BCUT2D eigenvalue weighted by molar-refractivity contribution is 0.0934. The van der Waals surface area contributed by atoms with E-state index in [1.54, 1.807) is 0 Å². The molecule has 0 fully saturated rings. The van der Waals surface area contributed by atoms with Crippen LogP contribution in [-0.4, -0.2) is 13.6 Å². The summed E-state index contributed by atoms with van der Waals surface area (Å²) in [6, 6.07) is 28.4. The zero-order chi connectivity index (χ0) is 28.9. The first-order chi connectivity index (χ1) is 20.3. The number of ether oxygens (including phenoxy) is 6. The molecule has 0 atom stereocenters. The minimum Gasteiger partial charge on any atom is -0.482 e. The van der Waals surface area contributed by atoms with Gasteiger partial charge in [0.15, 0.2) is 23.0 Å². The molecule has 0 bridgehead atoms. The molecule has 6 nitrogen and oxygen atoms in total. The zero-order valence-corrected chi connectivity index (χ0v) is 24.1. The van der Waals surface area contributed by atoms with E-state index in [1.165, 1.54) is 0 Å². The fourth-order valence-electron chi connectivity index (χ4n) is 5.67. The van der Waals surface area contributed by atoms with E-state index in [0.29, 0.717) is 0 Å². The lowest BCUT2D eigenvalue weighted by Crippen LogP contribution is -2.14. The molecule has 0 amide bonds. The average molecular weight is 561 g/mol. The van der Waals surface area contributed by atoms with Crippen molar-refractivity contribution in [1.29, 1.82) is 0 Å². The van der Waals surface area contributed by atoms with Crippen LogP contribution in [0.25, 0.3) is 23.7 Å². The number of hydrogen-bond acceptors (Lipinski definition) is 6. The van der Waals surface area contributed by atoms with Gasteiger partial charge in [-0.3, -0.25) is 0 Å². The van der Waals surface area contributed by atoms with Crippen molar-refractivity contribution in [2.45, 2.75) is 38.9 Å². The van der Waals surface area contributed by atoms with Gasteiger partial charge in [0.2, 0.25) is 13.6 Å². The summed E-state index contributed by atoms with van der Waals surface area (Å²) >= 11 is 0. The predicted octanol–water partition coefficient (Wildman–Crippen LogP) is 8.36. The predicted molar refractivity (Wildman–Crippen MR) is 162 cm³/mol. The SMILES string of the molecule is CC1(C)O/C(=C\c2ccccc2)c2cc3c(cc21)OCO3.CC1(C)O/C(=C\c2ccccc2)c2cc3c(cc21)OCO3. The molecule has 4 aliphatic rings. The fourth-order valence-corrected chi connectivity index (χ4v) is 5.67. The summed E-state index contributed by atoms with van der Waals surface area (Å²) in [6.07, 6.45) is 4.13. The molecule has 0 aromatic heterocycles. The van der Waals surface area contributed by atoms with Gasteiger partial charge in [-0.2, -0.15) is 0 Å². The van der Waals surface area contributed by atoms with Gasteiger partial charge in [-0.05, 0) is 75.2 Å². The minimum absolute atomic E-state index is 0.289. The highest BCUT2D eigenvalue weighted by Crippen LogP contribution is 2.50. The molecule has 0 radical (unpaired) electrons. The van der Waals surface area contributed by atoms with Crippen molar-refractivity contribution in [3.05, 3.63) is 118 Å². The summed E-state index contributed by atoms with van der Waals surface area (Å²) in [7, 11) is 0. The van der Waals surface area contributed by atoms with Crippen LogP contribution in [0, 0.1) is 0 Å². The third kappa shape index (κ3) is 4.73. The molecule has 42 heavy (non-hydrogen) atoms. The van der Waals surface area contributed by atoms with Gasteiger partial charge in [-0.25, -0.2) is 0 Å². The third-order valence-corrected chi connectivity index (χ3v) is 7.78. The Balaban J connectivity index is 0.000000137. The normalized spacial score (nSPS) is 19.4. The number of benzene rings is 4. The lowest BCUT2D eigenvalue weighted by atomic mass is 9.94. The topological polar surface area (TPSA) is 55.4 Å². The second-order valence-electron chi connectivity index (χ2n) is 11.6. The molecular formula is C36H32O6. The molecule has 0 saturated heterocycles. The van der Waals surface area contributed by atoms with Gasteiger partial charge in [0.05, 0.1) is 0 Å². The Hall–Kier alpha value is -4.84. The highest BCUT2D eigenvalue weighted by atomic mass is 16.7. The summed E-state index contributed by atoms with van der Waals surface area (Å²) in [6.45, 7) is 8.86. The van der Waals surface area contributed by atoms with Crippen molar-refractivity contribution in [2.75, 3.05) is 13.6 Å². The molecule has 4 aromatic rings. The molecule has 212 valence electrons. The molecule has 4 aromatic carbocycles. The van der Waals surface area contributed by atoms with Gasteiger partial charge < -0.3 is 28.4 Å². The molecule has 4 aliphatic heterocycles. The third-order valence-electron chi connectivity index (χ3n) is 7.78. The first-order valence-corrected chi connectivity index (χ1v) is 14.1. The van der Waals surface area contributed by atoms with Gasteiger partial charge in [0.25, 0.3) is 0 Å². The van der Waals surface area contributed by atoms with Crippen molar-refractivity contribution in [3.63, 3.8) is 0 Å². The number of rotatable bonds is 2. The fraction of sp³-hybridized carbons (Fsp3) is 0.222. The van der Waals surface area contributed by atoms with E-state index in [0.717, 1.165) is 67.9 Å². The Kier molecular flexibility index (Phi) is 6.15. The summed E-state index contributed by atoms with van der Waals surface area (Å²) in [5.74, 6) is 4.92. The van der Waals surface area contributed by atoms with Crippen molar-refractivity contribution in [1.82, 2.24) is 0 Å². The van der Waals surface area contributed by atoms with E-state index in [4.69, 9.17) is 28.4 Å². The maximum absolute atomic E-state index is 6.15. The molecule has 0 spiro atoms. The number of hydrogen-bond donors (Lipinski definition) is 0. The Morgan fingerprint density at radius 2 is 0.857 bits per heavy atom. The second-order valence-corrected chi connectivity index (χ2v) is 11.6. The van der Waals surface area contributed by atoms with Gasteiger partial charge in [-0.15, -0.1) is 0 Å². The smallest absolute Gasteiger partial charge is 0.231 e. The maximum atomic E-state index is 6.15. The Bertz CT molecular complexity index is 1590. The van der Waals surface area contributed by atoms with Crippen LogP contribution >= 0.6 is 0 Å². The van der Waals surface area contributed by atoms with Crippen molar-refractivity contribution < 1.29 is 28.4 Å². The van der Waals surface area contributed by atoms with Crippen LogP contribution in [0.3, 0.4) is 0 Å². The van der Waals surface area contributed by atoms with E-state index in [2.05, 4.69) is 64.1 Å². The lowest BCUT2D eigenvalue weighted by Gasteiger charge is -2.19. The van der Waals surface area contributed by atoms with Crippen molar-refractivity contribution in [3.8, 4) is 23.0 Å². The van der Waals surface area contributed by atoms with Crippen LogP contribution in [0.15, 0.2) is 84.9 Å². The van der Waals surface area contributed by atoms with Crippen LogP contribution < -0.4 is 18.9 Å². The molecular weight excluding hydrogens is 528 g/mol. The Labute approximate surface area is 245 Å². The quantitative estimate of drug-likeness (QED) is 0.246. The largest absolute Gasteiger partial charge is 0.482 e. The van der Waals surface area contributed by atoms with Crippen LogP contribution in [0.4, 0.5) is 0 Å². The first kappa shape index (κ1) is 26.1. The van der Waals surface area contributed by atoms with E-state index < -0.39 is 0 Å². The Morgan fingerprint density at radius 3 is 1.24 bits per heavy atom.